The molecule has 0 aromatic heterocycles. The van der Waals surface area contributed by atoms with Gasteiger partial charge in [0.25, 0.3) is 5.69 Å². The molecule has 0 aliphatic heterocycles. The summed E-state index contributed by atoms with van der Waals surface area (Å²) in [5, 5.41) is 16.3. The summed E-state index contributed by atoms with van der Waals surface area (Å²) >= 11 is 5.11. The topological polar surface area (TPSA) is 84.3 Å². The largest absolute Gasteiger partial charge is 0.332 e. The van der Waals surface area contributed by atoms with Gasteiger partial charge in [-0.15, -0.1) is 0 Å². The van der Waals surface area contributed by atoms with Gasteiger partial charge in [-0.2, -0.15) is 0 Å². The minimum Gasteiger partial charge on any atom is -0.332 e. The first kappa shape index (κ1) is 24.0. The summed E-state index contributed by atoms with van der Waals surface area (Å²) in [6.07, 6.45) is 14.2. The summed E-state index contributed by atoms with van der Waals surface area (Å²) in [6, 6.07) is 5.89. The fraction of sp³-hybridized carbons (Fsp3) is 0.619. The molecule has 1 aromatic rings. The maximum atomic E-state index is 11.9. The normalized spacial score (nSPS) is 10.5. The highest BCUT2D eigenvalue weighted by Crippen LogP contribution is 2.15. The predicted octanol–water partition coefficient (Wildman–Crippen LogP) is 6.11. The average molecular weight is 408 g/mol. The van der Waals surface area contributed by atoms with E-state index in [0.29, 0.717) is 12.1 Å². The van der Waals surface area contributed by atoms with Gasteiger partial charge in [-0.25, -0.2) is 0 Å². The number of carbonyl (C=O) groups excluding carboxylic acids is 1. The third-order valence-electron chi connectivity index (χ3n) is 4.60. The summed E-state index contributed by atoms with van der Waals surface area (Å²) in [5.74, 6) is -0.102. The van der Waals surface area contributed by atoms with Crippen LogP contribution in [0, 0.1) is 10.1 Å². The summed E-state index contributed by atoms with van der Waals surface area (Å²) < 4.78 is 0. The number of thiocarbonyl (C=S) groups is 1. The van der Waals surface area contributed by atoms with Gasteiger partial charge in [0, 0.05) is 24.2 Å². The molecule has 0 atom stereocenters. The zero-order valence-corrected chi connectivity index (χ0v) is 17.7. The highest BCUT2D eigenvalue weighted by atomic mass is 32.1. The second kappa shape index (κ2) is 15.0. The van der Waals surface area contributed by atoms with Crippen molar-refractivity contribution in [2.45, 2.75) is 84.0 Å². The molecule has 0 radical (unpaired) electrons. The van der Waals surface area contributed by atoms with E-state index in [4.69, 9.17) is 12.2 Å². The van der Waals surface area contributed by atoms with E-state index in [1.54, 1.807) is 12.1 Å². The quantitative estimate of drug-likeness (QED) is 0.168. The van der Waals surface area contributed by atoms with E-state index in [0.717, 1.165) is 12.8 Å². The SMILES string of the molecule is CCCCCCCCCCCCCC(=O)NC(=S)Nc1ccc([N+](=O)[O-])cc1. The van der Waals surface area contributed by atoms with Gasteiger partial charge in [0.2, 0.25) is 5.91 Å². The molecule has 0 saturated heterocycles. The zero-order chi connectivity index (χ0) is 20.6. The number of anilines is 1. The number of non-ortho nitro benzene ring substituents is 1. The molecule has 0 fully saturated rings. The van der Waals surface area contributed by atoms with Crippen LogP contribution in [0.25, 0.3) is 0 Å². The predicted molar refractivity (Wildman–Crippen MR) is 119 cm³/mol. The molecular formula is C21H33N3O3S. The fourth-order valence-corrected chi connectivity index (χ4v) is 3.20. The molecule has 0 spiro atoms. The van der Waals surface area contributed by atoms with Gasteiger partial charge in [0.05, 0.1) is 4.92 Å². The number of rotatable bonds is 14. The molecule has 0 saturated carbocycles. The lowest BCUT2D eigenvalue weighted by Crippen LogP contribution is -2.33. The molecule has 6 nitrogen and oxygen atoms in total. The zero-order valence-electron chi connectivity index (χ0n) is 16.9. The van der Waals surface area contributed by atoms with Gasteiger partial charge < -0.3 is 10.6 Å². The Labute approximate surface area is 173 Å². The number of nitrogens with one attached hydrogen (secondary N) is 2. The van der Waals surface area contributed by atoms with Crippen LogP contribution in [0.15, 0.2) is 24.3 Å². The first-order valence-electron chi connectivity index (χ1n) is 10.4. The van der Waals surface area contributed by atoms with Gasteiger partial charge >= 0.3 is 0 Å². The average Bonchev–Trinajstić information content (AvgIpc) is 2.66. The summed E-state index contributed by atoms with van der Waals surface area (Å²) in [7, 11) is 0. The van der Waals surface area contributed by atoms with Crippen LogP contribution in [0.4, 0.5) is 11.4 Å². The van der Waals surface area contributed by atoms with Gasteiger partial charge in [0.15, 0.2) is 5.11 Å². The summed E-state index contributed by atoms with van der Waals surface area (Å²) in [5.41, 5.74) is 0.614. The third-order valence-corrected chi connectivity index (χ3v) is 4.80. The van der Waals surface area contributed by atoms with Crippen LogP contribution >= 0.6 is 12.2 Å². The van der Waals surface area contributed by atoms with Crippen LogP contribution in [0.5, 0.6) is 0 Å². The Balaban J connectivity index is 2.04. The Morgan fingerprint density at radius 1 is 0.929 bits per heavy atom. The van der Waals surface area contributed by atoms with Crippen LogP contribution in [-0.4, -0.2) is 15.9 Å². The highest BCUT2D eigenvalue weighted by Gasteiger charge is 2.07. The van der Waals surface area contributed by atoms with Crippen molar-refractivity contribution in [3.8, 4) is 0 Å². The van der Waals surface area contributed by atoms with Crippen molar-refractivity contribution in [3.63, 3.8) is 0 Å². The van der Waals surface area contributed by atoms with Crippen LogP contribution in [0.1, 0.15) is 84.0 Å². The minimum absolute atomic E-state index is 0.0111. The number of benzene rings is 1. The van der Waals surface area contributed by atoms with E-state index < -0.39 is 4.92 Å². The molecule has 0 aliphatic carbocycles. The maximum absolute atomic E-state index is 11.9. The first-order chi connectivity index (χ1) is 13.5. The van der Waals surface area contributed by atoms with Crippen molar-refractivity contribution >= 4 is 34.6 Å². The molecule has 0 aliphatic rings. The number of hydrogen-bond donors (Lipinski definition) is 2. The summed E-state index contributed by atoms with van der Waals surface area (Å²) in [4.78, 5) is 22.1. The number of unbranched alkanes of at least 4 members (excludes halogenated alkanes) is 10. The van der Waals surface area contributed by atoms with Crippen LogP contribution < -0.4 is 10.6 Å². The van der Waals surface area contributed by atoms with Crippen molar-refractivity contribution in [2.75, 3.05) is 5.32 Å². The van der Waals surface area contributed by atoms with Gasteiger partial charge in [-0.3, -0.25) is 14.9 Å². The Morgan fingerprint density at radius 2 is 1.43 bits per heavy atom. The molecule has 1 amide bonds. The number of nitro groups is 1. The second-order valence-corrected chi connectivity index (χ2v) is 7.50. The smallest absolute Gasteiger partial charge is 0.269 e. The molecule has 0 heterocycles. The van der Waals surface area contributed by atoms with Crippen molar-refractivity contribution in [3.05, 3.63) is 34.4 Å². The Bertz CT molecular complexity index is 605. The molecule has 156 valence electrons. The van der Waals surface area contributed by atoms with Crippen molar-refractivity contribution < 1.29 is 9.72 Å². The minimum atomic E-state index is -0.461. The maximum Gasteiger partial charge on any atom is 0.269 e. The molecule has 28 heavy (non-hydrogen) atoms. The number of hydrogen-bond acceptors (Lipinski definition) is 4. The van der Waals surface area contributed by atoms with Crippen molar-refractivity contribution in [1.82, 2.24) is 5.32 Å². The van der Waals surface area contributed by atoms with E-state index in [2.05, 4.69) is 17.6 Å². The van der Waals surface area contributed by atoms with E-state index in [1.165, 1.54) is 69.9 Å². The third kappa shape index (κ3) is 11.6. The molecule has 0 bridgehead atoms. The van der Waals surface area contributed by atoms with E-state index >= 15 is 0 Å². The second-order valence-electron chi connectivity index (χ2n) is 7.09. The van der Waals surface area contributed by atoms with Crippen LogP contribution in [0.3, 0.4) is 0 Å². The molecule has 1 rings (SSSR count). The Kier molecular flexibility index (Phi) is 12.8. The molecular weight excluding hydrogens is 374 g/mol. The molecule has 0 unspecified atom stereocenters. The monoisotopic (exact) mass is 407 g/mol. The van der Waals surface area contributed by atoms with Crippen LogP contribution in [0.2, 0.25) is 0 Å². The van der Waals surface area contributed by atoms with Crippen molar-refractivity contribution in [2.24, 2.45) is 0 Å². The van der Waals surface area contributed by atoms with Gasteiger partial charge in [-0.05, 0) is 30.8 Å². The Hall–Kier alpha value is -2.02. The number of carbonyl (C=O) groups is 1. The van der Waals surface area contributed by atoms with E-state index in [1.807, 2.05) is 0 Å². The molecule has 7 heteroatoms. The Morgan fingerprint density at radius 3 is 1.93 bits per heavy atom. The molecule has 1 aromatic carbocycles. The molecule has 2 N–H and O–H groups in total. The number of nitrogens with zero attached hydrogens (tertiary/aromatic N) is 1. The van der Waals surface area contributed by atoms with Crippen molar-refractivity contribution in [1.29, 1.82) is 0 Å². The number of nitro benzene ring substituents is 1. The standard InChI is InChI=1S/C21H33N3O3S/c1-2-3-4-5-6-7-8-9-10-11-12-13-20(25)23-21(28)22-18-14-16-19(17-15-18)24(26)27/h14-17H,2-13H2,1H3,(H2,22,23,25,28). The van der Waals surface area contributed by atoms with E-state index in [9.17, 15) is 14.9 Å². The number of amides is 1. The lowest BCUT2D eigenvalue weighted by molar-refractivity contribution is -0.384. The van der Waals surface area contributed by atoms with Crippen LogP contribution in [-0.2, 0) is 4.79 Å². The summed E-state index contributed by atoms with van der Waals surface area (Å²) in [6.45, 7) is 2.24. The first-order valence-corrected chi connectivity index (χ1v) is 10.8. The van der Waals surface area contributed by atoms with E-state index in [-0.39, 0.29) is 16.7 Å². The lowest BCUT2D eigenvalue weighted by atomic mass is 10.1. The van der Waals surface area contributed by atoms with Gasteiger partial charge in [-0.1, -0.05) is 71.1 Å². The van der Waals surface area contributed by atoms with Gasteiger partial charge in [0.1, 0.15) is 0 Å². The lowest BCUT2D eigenvalue weighted by Gasteiger charge is -2.09. The fourth-order valence-electron chi connectivity index (χ4n) is 2.97. The highest BCUT2D eigenvalue weighted by molar-refractivity contribution is 7.80.